The van der Waals surface area contributed by atoms with Crippen LogP contribution in [0.1, 0.15) is 28.1 Å². The van der Waals surface area contributed by atoms with E-state index in [1.165, 1.54) is 36.6 Å². The molecule has 0 amide bonds. The molecule has 0 radical (unpaired) electrons. The van der Waals surface area contributed by atoms with Crippen LogP contribution in [0, 0.1) is 5.92 Å². The van der Waals surface area contributed by atoms with Crippen LogP contribution in [0.5, 0.6) is 5.75 Å². The predicted octanol–water partition coefficient (Wildman–Crippen LogP) is 3.80. The molecule has 1 saturated heterocycles. The van der Waals surface area contributed by atoms with Gasteiger partial charge >= 0.3 is 6.36 Å². The lowest BCUT2D eigenvalue weighted by molar-refractivity contribution is -0.274. The van der Waals surface area contributed by atoms with Gasteiger partial charge in [-0.25, -0.2) is 0 Å². The Bertz CT molecular complexity index is 1110. The molecule has 8 nitrogen and oxygen atoms in total. The first-order chi connectivity index (χ1) is 16.3. The maximum atomic E-state index is 12.8. The Hall–Kier alpha value is -3.12. The smallest absolute Gasteiger partial charge is 0.406 e. The Morgan fingerprint density at radius 2 is 2.03 bits per heavy atom. The molecule has 0 N–H and O–H groups in total. The summed E-state index contributed by atoms with van der Waals surface area (Å²) in [4.78, 5) is 15.0. The Labute approximate surface area is 197 Å². The molecule has 0 aliphatic carbocycles. The molecule has 1 aliphatic rings. The monoisotopic (exact) mass is 493 g/mol. The fourth-order valence-electron chi connectivity index (χ4n) is 3.93. The van der Waals surface area contributed by atoms with Gasteiger partial charge in [-0.15, -0.1) is 39.8 Å². The molecule has 4 rings (SSSR count). The quantitative estimate of drug-likeness (QED) is 0.445. The highest BCUT2D eigenvalue weighted by Gasteiger charge is 2.32. The molecule has 3 aromatic rings. The molecule has 0 saturated carbocycles. The zero-order valence-corrected chi connectivity index (χ0v) is 19.1. The second-order valence-electron chi connectivity index (χ2n) is 7.86. The van der Waals surface area contributed by atoms with Gasteiger partial charge in [-0.3, -0.25) is 4.79 Å². The highest BCUT2D eigenvalue weighted by Crippen LogP contribution is 2.29. The van der Waals surface area contributed by atoms with Gasteiger partial charge in [0.05, 0.1) is 6.42 Å². The first-order valence-electron chi connectivity index (χ1n) is 10.6. The number of alkyl halides is 3. The molecule has 3 heterocycles. The average Bonchev–Trinajstić information content (AvgIpc) is 3.44. The first kappa shape index (κ1) is 24.0. The summed E-state index contributed by atoms with van der Waals surface area (Å²) >= 11 is 1.36. The number of benzene rings is 1. The number of hydrogen-bond donors (Lipinski definition) is 0. The molecule has 2 atom stereocenters. The number of ether oxygens (including phenoxy) is 2. The lowest BCUT2D eigenvalue weighted by atomic mass is 10.0. The number of methoxy groups -OCH3 is 1. The summed E-state index contributed by atoms with van der Waals surface area (Å²) in [6.07, 6.45) is -2.52. The van der Waals surface area contributed by atoms with Crippen molar-refractivity contribution in [2.45, 2.75) is 31.7 Å². The molecule has 2 aromatic heterocycles. The zero-order valence-electron chi connectivity index (χ0n) is 18.2. The molecular formula is C22H22F3N5O3S. The number of hydrogen-bond acceptors (Lipinski definition) is 9. The number of ketones is 1. The Balaban J connectivity index is 1.35. The molecule has 180 valence electrons. The molecular weight excluding hydrogens is 471 g/mol. The maximum Gasteiger partial charge on any atom is 0.573 e. The number of nitrogens with zero attached hydrogens (tertiary/aromatic N) is 5. The zero-order chi connectivity index (χ0) is 24.1. The second-order valence-corrected chi connectivity index (χ2v) is 9.00. The number of carbonyl (C=O) groups is 1. The van der Waals surface area contributed by atoms with E-state index in [1.807, 2.05) is 12.1 Å². The van der Waals surface area contributed by atoms with Crippen LogP contribution >= 0.6 is 11.3 Å². The Morgan fingerprint density at radius 3 is 2.76 bits per heavy atom. The second kappa shape index (κ2) is 10.4. The van der Waals surface area contributed by atoms with Crippen molar-refractivity contribution in [1.82, 2.24) is 20.4 Å². The number of Topliss-reactive ketones (excluding diaryl/α,β-unsaturated/α-hetero) is 1. The fraction of sp³-hybridized carbons (Fsp3) is 0.409. The summed E-state index contributed by atoms with van der Waals surface area (Å²) < 4.78 is 46.8. The molecule has 1 fully saturated rings. The van der Waals surface area contributed by atoms with Gasteiger partial charge in [0.2, 0.25) is 0 Å². The minimum absolute atomic E-state index is 0.0308. The van der Waals surface area contributed by atoms with Crippen LogP contribution < -0.4 is 9.64 Å². The number of anilines is 1. The molecule has 0 bridgehead atoms. The van der Waals surface area contributed by atoms with Crippen LogP contribution in [-0.2, 0) is 22.4 Å². The molecule has 12 heteroatoms. The Morgan fingerprint density at radius 1 is 1.21 bits per heavy atom. The summed E-state index contributed by atoms with van der Waals surface area (Å²) in [6, 6.07) is 9.00. The highest BCUT2D eigenvalue weighted by molar-refractivity contribution is 7.11. The van der Waals surface area contributed by atoms with Crippen molar-refractivity contribution in [3.05, 3.63) is 58.2 Å². The number of rotatable bonds is 9. The summed E-state index contributed by atoms with van der Waals surface area (Å²) in [7, 11) is 1.33. The van der Waals surface area contributed by atoms with Crippen molar-refractivity contribution in [3.8, 4) is 5.75 Å². The van der Waals surface area contributed by atoms with Crippen molar-refractivity contribution in [2.75, 3.05) is 25.1 Å². The van der Waals surface area contributed by atoms with Crippen molar-refractivity contribution >= 4 is 22.9 Å². The number of aromatic nitrogens is 4. The largest absolute Gasteiger partial charge is 0.573 e. The van der Waals surface area contributed by atoms with Crippen LogP contribution in [0.3, 0.4) is 0 Å². The van der Waals surface area contributed by atoms with Crippen molar-refractivity contribution in [3.63, 3.8) is 0 Å². The van der Waals surface area contributed by atoms with Gasteiger partial charge in [0, 0.05) is 32.8 Å². The van der Waals surface area contributed by atoms with Crippen LogP contribution in [0.25, 0.3) is 0 Å². The van der Waals surface area contributed by atoms with Crippen LogP contribution in [-0.4, -0.2) is 52.7 Å². The minimum atomic E-state index is -4.82. The topological polar surface area (TPSA) is 90.3 Å². The molecule has 1 aliphatic heterocycles. The van der Waals surface area contributed by atoms with Crippen LogP contribution in [0.4, 0.5) is 19.0 Å². The first-order valence-corrected chi connectivity index (χ1v) is 11.4. The van der Waals surface area contributed by atoms with E-state index in [4.69, 9.17) is 4.74 Å². The van der Waals surface area contributed by atoms with Gasteiger partial charge in [-0.1, -0.05) is 12.1 Å². The minimum Gasteiger partial charge on any atom is -0.406 e. The summed E-state index contributed by atoms with van der Waals surface area (Å²) in [5.74, 6) is 0.500. The molecule has 0 unspecified atom stereocenters. The Kier molecular flexibility index (Phi) is 7.37. The van der Waals surface area contributed by atoms with Gasteiger partial charge in [0.1, 0.15) is 21.9 Å². The van der Waals surface area contributed by atoms with Crippen molar-refractivity contribution in [2.24, 2.45) is 5.92 Å². The van der Waals surface area contributed by atoms with Crippen LogP contribution in [0.15, 0.2) is 42.6 Å². The van der Waals surface area contributed by atoms with E-state index in [1.54, 1.807) is 6.20 Å². The normalized spacial score (nSPS) is 17.1. The van der Waals surface area contributed by atoms with E-state index < -0.39 is 18.2 Å². The molecule has 0 spiro atoms. The maximum absolute atomic E-state index is 12.8. The lowest BCUT2D eigenvalue weighted by Crippen LogP contribution is -2.21. The number of carbonyl (C=O) groups excluding carboxylic acids is 1. The standard InChI is InChI=1S/C22H22F3N5O3S/c1-32-21(15-4-2-5-16(11-15)33-22(23,24)25)17(31)12-20-29-28-19(34-20)10-14-7-9-30(13-14)18-6-3-8-26-27-18/h2-6,8,11,14,21H,7,9-10,12-13H2,1H3/t14-,21+/m0/s1. The van der Waals surface area contributed by atoms with E-state index >= 15 is 0 Å². The average molecular weight is 494 g/mol. The summed E-state index contributed by atoms with van der Waals surface area (Å²) in [5.41, 5.74) is 0.272. The van der Waals surface area contributed by atoms with Gasteiger partial charge in [0.25, 0.3) is 0 Å². The summed E-state index contributed by atoms with van der Waals surface area (Å²) in [5, 5.41) is 17.8. The number of halogens is 3. The van der Waals surface area contributed by atoms with Gasteiger partial charge < -0.3 is 14.4 Å². The van der Waals surface area contributed by atoms with Crippen molar-refractivity contribution in [1.29, 1.82) is 0 Å². The summed E-state index contributed by atoms with van der Waals surface area (Å²) in [6.45, 7) is 1.73. The molecule has 34 heavy (non-hydrogen) atoms. The SMILES string of the molecule is CO[C@@H](C(=O)Cc1nnc(C[C@@H]2CCN(c3cccnn3)C2)s1)c1cccc(OC(F)(F)F)c1. The van der Waals surface area contributed by atoms with Gasteiger partial charge in [0.15, 0.2) is 11.6 Å². The van der Waals surface area contributed by atoms with Crippen LogP contribution in [0.2, 0.25) is 0 Å². The van der Waals surface area contributed by atoms with E-state index in [0.717, 1.165) is 42.8 Å². The lowest BCUT2D eigenvalue weighted by Gasteiger charge is -2.16. The highest BCUT2D eigenvalue weighted by atomic mass is 32.1. The van der Waals surface area contributed by atoms with E-state index in [2.05, 4.69) is 30.0 Å². The molecule has 1 aromatic carbocycles. The van der Waals surface area contributed by atoms with E-state index in [0.29, 0.717) is 10.9 Å². The van der Waals surface area contributed by atoms with Gasteiger partial charge in [-0.2, -0.15) is 5.10 Å². The van der Waals surface area contributed by atoms with E-state index in [9.17, 15) is 18.0 Å². The third-order valence-corrected chi connectivity index (χ3v) is 6.33. The fourth-order valence-corrected chi connectivity index (χ4v) is 4.90. The third kappa shape index (κ3) is 6.26. The van der Waals surface area contributed by atoms with Gasteiger partial charge in [-0.05, 0) is 42.2 Å². The van der Waals surface area contributed by atoms with E-state index in [-0.39, 0.29) is 17.8 Å². The third-order valence-electron chi connectivity index (χ3n) is 5.39. The van der Waals surface area contributed by atoms with Crippen molar-refractivity contribution < 1.29 is 27.4 Å². The predicted molar refractivity (Wildman–Crippen MR) is 118 cm³/mol.